The number of anilines is 1. The lowest BCUT2D eigenvalue weighted by Gasteiger charge is -2.23. The number of aromatic nitrogens is 2. The lowest BCUT2D eigenvalue weighted by molar-refractivity contribution is 0.0501. The Kier molecular flexibility index (Phi) is 7.54. The van der Waals surface area contributed by atoms with E-state index in [-0.39, 0.29) is 0 Å². The highest BCUT2D eigenvalue weighted by Gasteiger charge is 2.25. The number of nitrogens with zero attached hydrogens (tertiary/aromatic N) is 1. The van der Waals surface area contributed by atoms with E-state index in [4.69, 9.17) is 21.3 Å². The molecular weight excluding hydrogens is 480 g/mol. The van der Waals surface area contributed by atoms with Crippen LogP contribution < -0.4 is 10.6 Å². The van der Waals surface area contributed by atoms with Crippen LogP contribution in [0.4, 0.5) is 15.3 Å². The number of benzene rings is 2. The summed E-state index contributed by atoms with van der Waals surface area (Å²) < 4.78 is 10.1. The van der Waals surface area contributed by atoms with Gasteiger partial charge in [-0.15, -0.1) is 0 Å². The minimum atomic E-state index is -0.639. The molecule has 0 saturated heterocycles. The molecule has 2 aromatic carbocycles. The zero-order valence-electron chi connectivity index (χ0n) is 20.7. The molecule has 8 nitrogen and oxygen atoms in total. The van der Waals surface area contributed by atoms with Gasteiger partial charge in [-0.1, -0.05) is 41.9 Å². The molecule has 36 heavy (non-hydrogen) atoms. The van der Waals surface area contributed by atoms with Crippen LogP contribution in [0, 0.1) is 6.42 Å². The lowest BCUT2D eigenvalue weighted by atomic mass is 10.0. The number of nitrogens with one attached hydrogen (secondary N) is 3. The average molecular weight is 509 g/mol. The number of H-pyrrole nitrogens is 1. The second-order valence-corrected chi connectivity index (χ2v) is 9.97. The minimum absolute atomic E-state index is 0.341. The highest BCUT2D eigenvalue weighted by Crippen LogP contribution is 2.30. The molecule has 1 aliphatic carbocycles. The van der Waals surface area contributed by atoms with Crippen molar-refractivity contribution in [3.63, 3.8) is 0 Å². The molecule has 4 rings (SSSR count). The van der Waals surface area contributed by atoms with Gasteiger partial charge < -0.3 is 19.8 Å². The van der Waals surface area contributed by atoms with Crippen molar-refractivity contribution >= 4 is 29.5 Å². The van der Waals surface area contributed by atoms with E-state index in [1.807, 2.05) is 20.8 Å². The molecule has 0 unspecified atom stereocenters. The third kappa shape index (κ3) is 6.37. The number of methoxy groups -OCH3 is 1. The summed E-state index contributed by atoms with van der Waals surface area (Å²) in [5, 5.41) is 5.89. The summed E-state index contributed by atoms with van der Waals surface area (Å²) >= 11 is 6.53. The Bertz CT molecular complexity index is 1250. The predicted molar refractivity (Wildman–Crippen MR) is 138 cm³/mol. The Labute approximate surface area is 215 Å². The zero-order chi connectivity index (χ0) is 25.9. The molecule has 0 bridgehead atoms. The SMILES string of the molecule is COC(=O)Nc1ccc(-c2nc([C@H](Cc3ccc4c(c3)C[C]C4)NC(=O)OC(C)(C)C)[nH]c2Cl)cc1. The molecule has 0 spiro atoms. The molecule has 1 heterocycles. The molecule has 0 aliphatic heterocycles. The van der Waals surface area contributed by atoms with Crippen LogP contribution in [-0.2, 0) is 28.7 Å². The number of halogens is 1. The van der Waals surface area contributed by atoms with Crippen LogP contribution in [0.15, 0.2) is 42.5 Å². The van der Waals surface area contributed by atoms with Crippen molar-refractivity contribution in [2.45, 2.75) is 51.7 Å². The first-order valence-corrected chi connectivity index (χ1v) is 12.0. The number of aromatic amines is 1. The Morgan fingerprint density at radius 1 is 1.11 bits per heavy atom. The number of ether oxygens (including phenoxy) is 2. The van der Waals surface area contributed by atoms with Gasteiger partial charge in [0.1, 0.15) is 22.3 Å². The van der Waals surface area contributed by atoms with E-state index in [0.717, 1.165) is 24.0 Å². The summed E-state index contributed by atoms with van der Waals surface area (Å²) in [6, 6.07) is 12.9. The van der Waals surface area contributed by atoms with Crippen LogP contribution in [0.2, 0.25) is 5.15 Å². The Morgan fingerprint density at radius 2 is 1.83 bits per heavy atom. The fourth-order valence-corrected chi connectivity index (χ4v) is 4.23. The smallest absolute Gasteiger partial charge is 0.411 e. The zero-order valence-corrected chi connectivity index (χ0v) is 21.5. The summed E-state index contributed by atoms with van der Waals surface area (Å²) in [5.41, 5.74) is 4.81. The molecule has 0 saturated carbocycles. The molecule has 1 aliphatic rings. The van der Waals surface area contributed by atoms with Crippen molar-refractivity contribution in [3.05, 3.63) is 76.6 Å². The van der Waals surface area contributed by atoms with Crippen LogP contribution >= 0.6 is 11.6 Å². The van der Waals surface area contributed by atoms with E-state index in [0.29, 0.717) is 28.8 Å². The third-order valence-electron chi connectivity index (χ3n) is 5.63. The average Bonchev–Trinajstić information content (AvgIpc) is 3.44. The van der Waals surface area contributed by atoms with Crippen LogP contribution in [0.5, 0.6) is 0 Å². The molecule has 2 amide bonds. The van der Waals surface area contributed by atoms with Crippen molar-refractivity contribution in [2.24, 2.45) is 0 Å². The summed E-state index contributed by atoms with van der Waals surface area (Å²) in [5.74, 6) is 0.510. The van der Waals surface area contributed by atoms with Crippen LogP contribution in [0.3, 0.4) is 0 Å². The molecule has 0 fully saturated rings. The number of hydrogen-bond acceptors (Lipinski definition) is 5. The fourth-order valence-electron chi connectivity index (χ4n) is 3.98. The second-order valence-electron chi connectivity index (χ2n) is 9.59. The normalized spacial score (nSPS) is 13.6. The number of amides is 2. The van der Waals surface area contributed by atoms with Gasteiger partial charge in [0.25, 0.3) is 0 Å². The van der Waals surface area contributed by atoms with Gasteiger partial charge >= 0.3 is 12.2 Å². The van der Waals surface area contributed by atoms with Crippen molar-refractivity contribution < 1.29 is 19.1 Å². The van der Waals surface area contributed by atoms with Crippen LogP contribution in [0.1, 0.15) is 49.3 Å². The summed E-state index contributed by atoms with van der Waals surface area (Å²) in [4.78, 5) is 32.0. The first-order valence-electron chi connectivity index (χ1n) is 11.6. The standard InChI is InChI=1S/C27H29ClN4O4/c1-27(2,3)36-26(34)30-21(15-16-8-9-17-6-5-7-19(17)14-16)24-31-22(23(28)32-24)18-10-12-20(13-11-18)29-25(33)35-4/h8-14,21H,6-7,15H2,1-4H3,(H,29,33)(H,30,34)(H,31,32)/t21-/m0/s1. The van der Waals surface area contributed by atoms with Gasteiger partial charge in [0, 0.05) is 17.7 Å². The summed E-state index contributed by atoms with van der Waals surface area (Å²) in [6.07, 6.45) is 4.44. The number of rotatable bonds is 6. The lowest BCUT2D eigenvalue weighted by Crippen LogP contribution is -2.36. The number of alkyl carbamates (subject to hydrolysis) is 1. The maximum atomic E-state index is 12.7. The Hall–Kier alpha value is -3.52. The highest BCUT2D eigenvalue weighted by molar-refractivity contribution is 6.31. The summed E-state index contributed by atoms with van der Waals surface area (Å²) in [7, 11) is 1.30. The molecule has 1 atom stereocenters. The van der Waals surface area contributed by atoms with Gasteiger partial charge in [-0.3, -0.25) is 5.32 Å². The maximum absolute atomic E-state index is 12.7. The summed E-state index contributed by atoms with van der Waals surface area (Å²) in [6.45, 7) is 5.45. The van der Waals surface area contributed by atoms with Crippen molar-refractivity contribution in [1.82, 2.24) is 15.3 Å². The largest absolute Gasteiger partial charge is 0.453 e. The van der Waals surface area contributed by atoms with Crippen molar-refractivity contribution in [3.8, 4) is 11.3 Å². The van der Waals surface area contributed by atoms with E-state index in [1.165, 1.54) is 18.2 Å². The Morgan fingerprint density at radius 3 is 2.53 bits per heavy atom. The fraction of sp³-hybridized carbons (Fsp3) is 0.333. The molecule has 2 radical (unpaired) electrons. The molecule has 1 aromatic heterocycles. The molecule has 3 N–H and O–H groups in total. The Balaban J connectivity index is 1.59. The topological polar surface area (TPSA) is 105 Å². The molecule has 3 aromatic rings. The van der Waals surface area contributed by atoms with Crippen molar-refractivity contribution in [1.29, 1.82) is 0 Å². The monoisotopic (exact) mass is 508 g/mol. The van der Waals surface area contributed by atoms with E-state index >= 15 is 0 Å². The van der Waals surface area contributed by atoms with Gasteiger partial charge in [0.15, 0.2) is 0 Å². The third-order valence-corrected chi connectivity index (χ3v) is 5.90. The maximum Gasteiger partial charge on any atom is 0.411 e. The van der Waals surface area contributed by atoms with E-state index in [1.54, 1.807) is 24.3 Å². The first-order chi connectivity index (χ1) is 17.1. The van der Waals surface area contributed by atoms with E-state index < -0.39 is 23.8 Å². The minimum Gasteiger partial charge on any atom is -0.453 e. The molecule has 188 valence electrons. The number of fused-ring (bicyclic) bond motifs is 1. The molecular formula is C27H29ClN4O4. The van der Waals surface area contributed by atoms with E-state index in [2.05, 4.69) is 45.0 Å². The van der Waals surface area contributed by atoms with Gasteiger partial charge in [-0.25, -0.2) is 14.6 Å². The second kappa shape index (κ2) is 10.6. The highest BCUT2D eigenvalue weighted by atomic mass is 35.5. The van der Waals surface area contributed by atoms with Gasteiger partial charge in [0.05, 0.1) is 13.2 Å². The first kappa shape index (κ1) is 25.6. The van der Waals surface area contributed by atoms with Crippen LogP contribution in [-0.4, -0.2) is 34.9 Å². The number of imidazole rings is 1. The molecule has 9 heteroatoms. The predicted octanol–water partition coefficient (Wildman–Crippen LogP) is 5.90. The number of carbonyl (C=O) groups excluding carboxylic acids is 2. The van der Waals surface area contributed by atoms with Gasteiger partial charge in [0.2, 0.25) is 0 Å². The number of carbonyl (C=O) groups is 2. The van der Waals surface area contributed by atoms with E-state index in [9.17, 15) is 9.59 Å². The quantitative estimate of drug-likeness (QED) is 0.384. The van der Waals surface area contributed by atoms with Gasteiger partial charge in [-0.05, 0) is 68.9 Å². The number of hydrogen-bond donors (Lipinski definition) is 3. The van der Waals surface area contributed by atoms with Crippen molar-refractivity contribution in [2.75, 3.05) is 12.4 Å². The van der Waals surface area contributed by atoms with Crippen LogP contribution in [0.25, 0.3) is 11.3 Å². The van der Waals surface area contributed by atoms with Gasteiger partial charge in [-0.2, -0.15) is 0 Å².